The normalized spacial score (nSPS) is 11.7. The van der Waals surface area contributed by atoms with Gasteiger partial charge in [-0.2, -0.15) is 5.26 Å². The van der Waals surface area contributed by atoms with Crippen LogP contribution in [-0.4, -0.2) is 79.9 Å². The average Bonchev–Trinajstić information content (AvgIpc) is 2.41. The first-order chi connectivity index (χ1) is 9.51. The highest BCUT2D eigenvalue weighted by Crippen LogP contribution is 1.98. The molecule has 1 N–H and O–H groups in total. The predicted molar refractivity (Wildman–Crippen MR) is 89.7 cm³/mol. The van der Waals surface area contributed by atoms with Gasteiger partial charge < -0.3 is 14.9 Å². The van der Waals surface area contributed by atoms with E-state index in [1.54, 1.807) is 0 Å². The van der Waals surface area contributed by atoms with E-state index in [0.29, 0.717) is 19.5 Å². The fourth-order valence-electron chi connectivity index (χ4n) is 1.51. The van der Waals surface area contributed by atoms with Crippen molar-refractivity contribution in [2.24, 2.45) is 4.99 Å². The minimum Gasteiger partial charge on any atom is -0.392 e. The van der Waals surface area contributed by atoms with Crippen molar-refractivity contribution < 1.29 is 5.11 Å². The maximum atomic E-state index is 9.81. The number of alkyl halides is 1. The molecule has 0 aliphatic heterocycles. The third-order valence-corrected chi connectivity index (χ3v) is 2.61. The molecule has 0 aromatic carbocycles. The molecule has 0 amide bonds. The summed E-state index contributed by atoms with van der Waals surface area (Å²) in [6, 6.07) is 2.11. The van der Waals surface area contributed by atoms with Gasteiger partial charge in [0.1, 0.15) is 0 Å². The summed E-state index contributed by atoms with van der Waals surface area (Å²) in [4.78, 5) is 7.90. The average molecular weight is 349 g/mol. The topological polar surface area (TPSA) is 62.9 Å². The number of rotatable bonds is 10. The number of halogens is 1. The maximum absolute atomic E-state index is 9.81. The third kappa shape index (κ3) is 17.5. The van der Waals surface area contributed by atoms with E-state index in [1.165, 1.54) is 0 Å². The summed E-state index contributed by atoms with van der Waals surface area (Å²) in [6.45, 7) is 9.23. The van der Waals surface area contributed by atoms with Crippen molar-refractivity contribution in [3.05, 3.63) is 0 Å². The van der Waals surface area contributed by atoms with Crippen LogP contribution in [0.25, 0.3) is 0 Å². The number of aliphatic hydroxyl groups excluding tert-OH is 1. The van der Waals surface area contributed by atoms with Crippen molar-refractivity contribution in [2.45, 2.75) is 25.9 Å². The maximum Gasteiger partial charge on any atom is 0.0679 e. The number of nitriles is 1. The highest BCUT2D eigenvalue weighted by molar-refractivity contribution is 9.09. The molecule has 5 nitrogen and oxygen atoms in total. The van der Waals surface area contributed by atoms with Crippen LogP contribution in [0.5, 0.6) is 0 Å². The van der Waals surface area contributed by atoms with E-state index in [-0.39, 0.29) is 6.10 Å². The zero-order chi connectivity index (χ0) is 15.8. The summed E-state index contributed by atoms with van der Waals surface area (Å²) in [6.07, 6.45) is 0.944. The highest BCUT2D eigenvalue weighted by Gasteiger charge is 2.09. The number of aliphatic imine (C=N–C) groups is 1. The molecule has 1 atom stereocenters. The molecule has 6 heteroatoms. The Bertz CT molecular complexity index is 258. The minimum absolute atomic E-state index is 0.325. The molecule has 0 spiro atoms. The van der Waals surface area contributed by atoms with Crippen LogP contribution in [0.4, 0.5) is 0 Å². The number of nitrogens with zero attached hydrogens (tertiary/aromatic N) is 4. The molecular formula is C14H29BrN4O. The Morgan fingerprint density at radius 1 is 1.30 bits per heavy atom. The lowest BCUT2D eigenvalue weighted by Gasteiger charge is -2.22. The standard InChI is InChI=1S/C12H24N4O.C2H5Br/c1-14-7-10-16(3)11-12(17)5-9-15(2)8-4-6-13;1-2-3/h12,17H,1,4-5,7-11H2,2-3H3;2H2,1H3. The third-order valence-electron chi connectivity index (χ3n) is 2.61. The molecule has 20 heavy (non-hydrogen) atoms. The van der Waals surface area contributed by atoms with E-state index in [1.807, 2.05) is 21.0 Å². The van der Waals surface area contributed by atoms with Crippen molar-refractivity contribution in [1.29, 1.82) is 5.26 Å². The van der Waals surface area contributed by atoms with E-state index >= 15 is 0 Å². The molecule has 0 saturated heterocycles. The first-order valence-corrected chi connectivity index (χ1v) is 8.04. The second-order valence-electron chi connectivity index (χ2n) is 4.63. The van der Waals surface area contributed by atoms with Gasteiger partial charge >= 0.3 is 0 Å². The van der Waals surface area contributed by atoms with Gasteiger partial charge in [0, 0.05) is 37.9 Å². The van der Waals surface area contributed by atoms with Crippen molar-refractivity contribution in [3.8, 4) is 6.07 Å². The van der Waals surface area contributed by atoms with Crippen molar-refractivity contribution in [2.75, 3.05) is 52.1 Å². The molecule has 118 valence electrons. The SMILES string of the molecule is C=NCCN(C)CC(O)CCN(C)CCC#N.CCBr. The van der Waals surface area contributed by atoms with Gasteiger partial charge in [0.15, 0.2) is 0 Å². The van der Waals surface area contributed by atoms with Crippen LogP contribution in [0, 0.1) is 11.3 Å². The van der Waals surface area contributed by atoms with E-state index in [4.69, 9.17) is 5.26 Å². The molecule has 0 aromatic rings. The fourth-order valence-corrected chi connectivity index (χ4v) is 1.51. The molecule has 0 rings (SSSR count). The summed E-state index contributed by atoms with van der Waals surface area (Å²) in [5.74, 6) is 0. The highest BCUT2D eigenvalue weighted by atomic mass is 79.9. The number of hydrogen-bond acceptors (Lipinski definition) is 5. The molecule has 0 aliphatic carbocycles. The summed E-state index contributed by atoms with van der Waals surface area (Å²) >= 11 is 3.15. The Kier molecular flexibility index (Phi) is 18.1. The second-order valence-corrected chi connectivity index (χ2v) is 5.75. The van der Waals surface area contributed by atoms with Gasteiger partial charge in [-0.15, -0.1) is 0 Å². The molecule has 0 saturated carbocycles. The van der Waals surface area contributed by atoms with Gasteiger partial charge in [-0.05, 0) is 27.2 Å². The van der Waals surface area contributed by atoms with Crippen LogP contribution in [0.3, 0.4) is 0 Å². The van der Waals surface area contributed by atoms with Crippen LogP contribution < -0.4 is 0 Å². The summed E-state index contributed by atoms with van der Waals surface area (Å²) < 4.78 is 0. The van der Waals surface area contributed by atoms with Crippen LogP contribution in [0.15, 0.2) is 4.99 Å². The predicted octanol–water partition coefficient (Wildman–Crippen LogP) is 1.62. The van der Waals surface area contributed by atoms with Gasteiger partial charge in [0.05, 0.1) is 18.7 Å². The molecule has 1 unspecified atom stereocenters. The van der Waals surface area contributed by atoms with Gasteiger partial charge in [0.2, 0.25) is 0 Å². The fraction of sp³-hybridized carbons (Fsp3) is 0.857. The van der Waals surface area contributed by atoms with E-state index in [0.717, 1.165) is 31.4 Å². The smallest absolute Gasteiger partial charge is 0.0679 e. The Morgan fingerprint density at radius 3 is 2.40 bits per heavy atom. The zero-order valence-corrected chi connectivity index (χ0v) is 14.6. The van der Waals surface area contributed by atoms with Crippen molar-refractivity contribution in [1.82, 2.24) is 9.80 Å². The van der Waals surface area contributed by atoms with Crippen LogP contribution >= 0.6 is 15.9 Å². The first-order valence-electron chi connectivity index (χ1n) is 6.92. The molecule has 0 bridgehead atoms. The number of likely N-dealkylation sites (N-methyl/N-ethyl adjacent to an activating group) is 1. The van der Waals surface area contributed by atoms with Crippen molar-refractivity contribution >= 4 is 22.6 Å². The first kappa shape index (κ1) is 21.8. The lowest BCUT2D eigenvalue weighted by molar-refractivity contribution is 0.108. The summed E-state index contributed by atoms with van der Waals surface area (Å²) in [5, 5.41) is 19.3. The molecule has 0 heterocycles. The van der Waals surface area contributed by atoms with E-state index in [9.17, 15) is 5.11 Å². The Labute approximate surface area is 132 Å². The van der Waals surface area contributed by atoms with Crippen LogP contribution in [-0.2, 0) is 0 Å². The molecular weight excluding hydrogens is 320 g/mol. The van der Waals surface area contributed by atoms with Gasteiger partial charge in [-0.1, -0.05) is 22.9 Å². The Morgan fingerprint density at radius 2 is 1.90 bits per heavy atom. The number of hydrogen-bond donors (Lipinski definition) is 1. The lowest BCUT2D eigenvalue weighted by Crippen LogP contribution is -2.33. The second kappa shape index (κ2) is 16.6. The van der Waals surface area contributed by atoms with E-state index < -0.39 is 0 Å². The van der Waals surface area contributed by atoms with Gasteiger partial charge in [-0.3, -0.25) is 4.99 Å². The Balaban J connectivity index is 0. The monoisotopic (exact) mass is 348 g/mol. The van der Waals surface area contributed by atoms with Crippen molar-refractivity contribution in [3.63, 3.8) is 0 Å². The zero-order valence-electron chi connectivity index (χ0n) is 13.1. The molecule has 0 aromatic heterocycles. The number of aliphatic hydroxyl groups is 1. The lowest BCUT2D eigenvalue weighted by atomic mass is 10.2. The molecule has 0 aliphatic rings. The molecule has 0 radical (unpaired) electrons. The minimum atomic E-state index is -0.325. The summed E-state index contributed by atoms with van der Waals surface area (Å²) in [5.41, 5.74) is 0. The van der Waals surface area contributed by atoms with E-state index in [2.05, 4.69) is 43.5 Å². The van der Waals surface area contributed by atoms with Gasteiger partial charge in [-0.25, -0.2) is 0 Å². The van der Waals surface area contributed by atoms with Gasteiger partial charge in [0.25, 0.3) is 0 Å². The Hall–Kier alpha value is -0.480. The quantitative estimate of drug-likeness (QED) is 0.481. The molecule has 0 fully saturated rings. The largest absolute Gasteiger partial charge is 0.392 e. The van der Waals surface area contributed by atoms with Crippen LogP contribution in [0.2, 0.25) is 0 Å². The summed E-state index contributed by atoms with van der Waals surface area (Å²) in [7, 11) is 3.93. The van der Waals surface area contributed by atoms with Crippen LogP contribution in [0.1, 0.15) is 19.8 Å².